The summed E-state index contributed by atoms with van der Waals surface area (Å²) in [5, 5.41) is 5.32. The predicted molar refractivity (Wildman–Crippen MR) is 89.1 cm³/mol. The highest BCUT2D eigenvalue weighted by Gasteiger charge is 2.03. The van der Waals surface area contributed by atoms with E-state index in [2.05, 4.69) is 58.6 Å². The van der Waals surface area contributed by atoms with Gasteiger partial charge in [-0.25, -0.2) is 9.97 Å². The van der Waals surface area contributed by atoms with Gasteiger partial charge in [0.05, 0.1) is 5.35 Å². The van der Waals surface area contributed by atoms with Gasteiger partial charge in [-0.2, -0.15) is 0 Å². The van der Waals surface area contributed by atoms with Gasteiger partial charge in [-0.05, 0) is 31.4 Å². The monoisotopic (exact) mass is 277 g/mol. The highest BCUT2D eigenvalue weighted by atomic mass is 15.0. The summed E-state index contributed by atoms with van der Waals surface area (Å²) in [6, 6.07) is 8.41. The first-order valence-electron chi connectivity index (χ1n) is 7.27. The highest BCUT2D eigenvalue weighted by molar-refractivity contribution is 5.67. The summed E-state index contributed by atoms with van der Waals surface area (Å²) in [5.41, 5.74) is 2.42. The van der Waals surface area contributed by atoms with Crippen LogP contribution in [-0.2, 0) is 0 Å². The standard InChI is InChI=1S/C18H19N3/c1-13-7-9-14(10-8-13)11-12-17-20-16-6-4-3-5-15(16)18(19-2)21-17/h5-12H,3-4H2,1-2H3,(H,19,20,21)/b12-11+. The van der Waals surface area contributed by atoms with E-state index in [-0.39, 0.29) is 0 Å². The Morgan fingerprint density at radius 3 is 2.52 bits per heavy atom. The van der Waals surface area contributed by atoms with Crippen LogP contribution in [0.5, 0.6) is 0 Å². The zero-order valence-electron chi connectivity index (χ0n) is 12.4. The number of anilines is 1. The number of fused-ring (bicyclic) bond motifs is 1. The largest absolute Gasteiger partial charge is 0.373 e. The summed E-state index contributed by atoms with van der Waals surface area (Å²) < 4.78 is 0. The van der Waals surface area contributed by atoms with E-state index in [0.29, 0.717) is 0 Å². The van der Waals surface area contributed by atoms with E-state index in [9.17, 15) is 0 Å². The van der Waals surface area contributed by atoms with Gasteiger partial charge in [0, 0.05) is 12.3 Å². The maximum Gasteiger partial charge on any atom is 0.154 e. The molecule has 0 spiro atoms. The second kappa shape index (κ2) is 5.92. The molecule has 0 bridgehead atoms. The van der Waals surface area contributed by atoms with Crippen LogP contribution in [0.3, 0.4) is 0 Å². The van der Waals surface area contributed by atoms with Gasteiger partial charge >= 0.3 is 0 Å². The van der Waals surface area contributed by atoms with Crippen LogP contribution in [0, 0.1) is 6.92 Å². The molecule has 0 fully saturated rings. The Labute approximate surface area is 124 Å². The van der Waals surface area contributed by atoms with Gasteiger partial charge < -0.3 is 5.32 Å². The molecule has 0 saturated heterocycles. The minimum atomic E-state index is 0.741. The number of hydrogen-bond donors (Lipinski definition) is 1. The molecule has 0 amide bonds. The number of hydrogen-bond acceptors (Lipinski definition) is 3. The van der Waals surface area contributed by atoms with Crippen LogP contribution in [0.4, 0.5) is 5.82 Å². The van der Waals surface area contributed by atoms with Crippen molar-refractivity contribution in [1.29, 1.82) is 0 Å². The fourth-order valence-electron chi connectivity index (χ4n) is 2.42. The average Bonchev–Trinajstić information content (AvgIpc) is 2.53. The molecule has 3 nitrogen and oxygen atoms in total. The van der Waals surface area contributed by atoms with Crippen molar-refractivity contribution in [2.24, 2.45) is 0 Å². The first-order valence-corrected chi connectivity index (χ1v) is 7.27. The molecule has 1 aromatic heterocycles. The van der Waals surface area contributed by atoms with Crippen molar-refractivity contribution in [2.75, 3.05) is 12.4 Å². The Morgan fingerprint density at radius 1 is 1.00 bits per heavy atom. The van der Waals surface area contributed by atoms with E-state index in [1.165, 1.54) is 5.56 Å². The van der Waals surface area contributed by atoms with Gasteiger partial charge in [-0.15, -0.1) is 0 Å². The number of aromatic nitrogens is 2. The lowest BCUT2D eigenvalue weighted by Crippen LogP contribution is -2.34. The molecule has 21 heavy (non-hydrogen) atoms. The number of benzene rings is 1. The van der Waals surface area contributed by atoms with Crippen molar-refractivity contribution >= 4 is 30.1 Å². The molecule has 0 saturated carbocycles. The third kappa shape index (κ3) is 3.02. The molecule has 1 N–H and O–H groups in total. The Kier molecular flexibility index (Phi) is 3.82. The molecule has 1 aromatic carbocycles. The quantitative estimate of drug-likeness (QED) is 0.936. The SMILES string of the molecule is CNc1nc(/C=C/c2ccc(C)cc2)nc2c1=CCCC=2. The molecule has 106 valence electrons. The van der Waals surface area contributed by atoms with Crippen LogP contribution in [-0.4, -0.2) is 17.0 Å². The molecule has 1 heterocycles. The summed E-state index contributed by atoms with van der Waals surface area (Å²) in [6.45, 7) is 2.09. The van der Waals surface area contributed by atoms with Gasteiger partial charge in [-0.1, -0.05) is 48.1 Å². The van der Waals surface area contributed by atoms with Crippen molar-refractivity contribution in [3.63, 3.8) is 0 Å². The van der Waals surface area contributed by atoms with Gasteiger partial charge in [0.1, 0.15) is 5.82 Å². The summed E-state index contributed by atoms with van der Waals surface area (Å²) in [6.07, 6.45) is 10.5. The molecule has 2 aromatic rings. The minimum Gasteiger partial charge on any atom is -0.373 e. The maximum absolute atomic E-state index is 4.63. The molecular weight excluding hydrogens is 258 g/mol. The summed E-state index contributed by atoms with van der Waals surface area (Å²) >= 11 is 0. The van der Waals surface area contributed by atoms with Crippen LogP contribution < -0.4 is 15.9 Å². The topological polar surface area (TPSA) is 37.8 Å². The molecule has 0 radical (unpaired) electrons. The molecule has 0 aliphatic heterocycles. The van der Waals surface area contributed by atoms with E-state index in [1.54, 1.807) is 0 Å². The Balaban J connectivity index is 1.98. The van der Waals surface area contributed by atoms with E-state index < -0.39 is 0 Å². The van der Waals surface area contributed by atoms with E-state index in [1.807, 2.05) is 19.2 Å². The fourth-order valence-corrected chi connectivity index (χ4v) is 2.42. The van der Waals surface area contributed by atoms with Crippen LogP contribution in [0.25, 0.3) is 24.3 Å². The van der Waals surface area contributed by atoms with Crippen molar-refractivity contribution in [2.45, 2.75) is 19.8 Å². The van der Waals surface area contributed by atoms with Gasteiger partial charge in [0.2, 0.25) is 0 Å². The summed E-state index contributed by atoms with van der Waals surface area (Å²) in [5.74, 6) is 1.64. The molecule has 0 atom stereocenters. The van der Waals surface area contributed by atoms with Crippen molar-refractivity contribution in [1.82, 2.24) is 9.97 Å². The first kappa shape index (κ1) is 13.6. The normalized spacial score (nSPS) is 13.4. The number of rotatable bonds is 3. The summed E-state index contributed by atoms with van der Waals surface area (Å²) in [7, 11) is 1.90. The lowest BCUT2D eigenvalue weighted by atomic mass is 10.1. The Hall–Kier alpha value is -2.42. The number of aryl methyl sites for hydroxylation is 1. The second-order valence-electron chi connectivity index (χ2n) is 5.21. The van der Waals surface area contributed by atoms with Crippen LogP contribution in [0.1, 0.15) is 29.8 Å². The van der Waals surface area contributed by atoms with Crippen LogP contribution in [0.2, 0.25) is 0 Å². The van der Waals surface area contributed by atoms with Crippen LogP contribution in [0.15, 0.2) is 24.3 Å². The third-order valence-corrected chi connectivity index (χ3v) is 3.58. The van der Waals surface area contributed by atoms with E-state index >= 15 is 0 Å². The zero-order valence-corrected chi connectivity index (χ0v) is 12.4. The Morgan fingerprint density at radius 2 is 1.76 bits per heavy atom. The van der Waals surface area contributed by atoms with E-state index in [4.69, 9.17) is 0 Å². The molecule has 3 rings (SSSR count). The van der Waals surface area contributed by atoms with Gasteiger partial charge in [-0.3, -0.25) is 0 Å². The molecule has 1 aliphatic rings. The van der Waals surface area contributed by atoms with Crippen molar-refractivity contribution in [3.05, 3.63) is 51.8 Å². The van der Waals surface area contributed by atoms with Gasteiger partial charge in [0.25, 0.3) is 0 Å². The number of nitrogens with zero attached hydrogens (tertiary/aromatic N) is 2. The Bertz CT molecular complexity index is 786. The van der Waals surface area contributed by atoms with Gasteiger partial charge in [0.15, 0.2) is 5.82 Å². The second-order valence-corrected chi connectivity index (χ2v) is 5.21. The number of nitrogens with one attached hydrogen (secondary N) is 1. The van der Waals surface area contributed by atoms with Crippen LogP contribution >= 0.6 is 0 Å². The molecule has 1 aliphatic carbocycles. The third-order valence-electron chi connectivity index (χ3n) is 3.58. The molecule has 3 heteroatoms. The lowest BCUT2D eigenvalue weighted by Gasteiger charge is -2.06. The maximum atomic E-state index is 4.63. The lowest BCUT2D eigenvalue weighted by molar-refractivity contribution is 1.02. The predicted octanol–water partition coefficient (Wildman–Crippen LogP) is 2.35. The first-order chi connectivity index (χ1) is 10.3. The summed E-state index contributed by atoms with van der Waals surface area (Å²) in [4.78, 5) is 9.21. The van der Waals surface area contributed by atoms with E-state index in [0.717, 1.165) is 40.6 Å². The smallest absolute Gasteiger partial charge is 0.154 e. The molecular formula is C18H19N3. The highest BCUT2D eigenvalue weighted by Crippen LogP contribution is 2.07. The zero-order chi connectivity index (χ0) is 14.7. The van der Waals surface area contributed by atoms with Crippen molar-refractivity contribution in [3.8, 4) is 0 Å². The average molecular weight is 277 g/mol. The fraction of sp³-hybridized carbons (Fsp3) is 0.222. The van der Waals surface area contributed by atoms with Crippen molar-refractivity contribution < 1.29 is 0 Å². The molecule has 0 unspecified atom stereocenters. The minimum absolute atomic E-state index is 0.741.